The lowest BCUT2D eigenvalue weighted by molar-refractivity contribution is -0.121. The van der Waals surface area contributed by atoms with Gasteiger partial charge in [-0.05, 0) is 29.9 Å². The summed E-state index contributed by atoms with van der Waals surface area (Å²) < 4.78 is 0. The lowest BCUT2D eigenvalue weighted by atomic mass is 9.94. The number of aromatic nitrogens is 2. The molecule has 0 aliphatic carbocycles. The number of carbonyl (C=O) groups is 1. The van der Waals surface area contributed by atoms with Crippen molar-refractivity contribution in [1.82, 2.24) is 15.3 Å². The van der Waals surface area contributed by atoms with Crippen molar-refractivity contribution in [3.05, 3.63) is 63.3 Å². The maximum atomic E-state index is 12.1. The van der Waals surface area contributed by atoms with Crippen molar-refractivity contribution in [2.24, 2.45) is 0 Å². The van der Waals surface area contributed by atoms with Gasteiger partial charge in [0, 0.05) is 18.2 Å². The smallest absolute Gasteiger partial charge is 0.251 e. The highest BCUT2D eigenvalue weighted by atomic mass is 16.1. The molecule has 0 spiro atoms. The van der Waals surface area contributed by atoms with E-state index in [1.54, 1.807) is 6.92 Å². The molecule has 1 aromatic heterocycles. The Kier molecular flexibility index (Phi) is 5.90. The third-order valence-electron chi connectivity index (χ3n) is 4.04. The minimum atomic E-state index is -0.203. The van der Waals surface area contributed by atoms with Crippen molar-refractivity contribution in [1.29, 1.82) is 0 Å². The van der Waals surface area contributed by atoms with Crippen molar-refractivity contribution in [2.75, 3.05) is 0 Å². The van der Waals surface area contributed by atoms with Crippen molar-refractivity contribution >= 4 is 5.91 Å². The number of hydrogen-bond donors (Lipinski definition) is 2. The number of H-pyrrole nitrogens is 1. The number of benzene rings is 1. The molecule has 0 saturated carbocycles. The van der Waals surface area contributed by atoms with Crippen LogP contribution in [0.3, 0.4) is 0 Å². The van der Waals surface area contributed by atoms with Crippen molar-refractivity contribution in [3.63, 3.8) is 0 Å². The van der Waals surface area contributed by atoms with Crippen molar-refractivity contribution in [3.8, 4) is 0 Å². The standard InChI is InChI=1S/C19H25N3O2/c1-12(2)15-5-7-16(8-6-15)13(3)9-18(23)20-11-17-21-14(4)10-19(24)22-17/h5-8,10,12-13H,9,11H2,1-4H3,(H,20,23)(H,21,22,24). The molecule has 0 fully saturated rings. The maximum Gasteiger partial charge on any atom is 0.251 e. The fraction of sp³-hybridized carbons (Fsp3) is 0.421. The molecule has 0 saturated heterocycles. The number of rotatable bonds is 6. The number of nitrogens with one attached hydrogen (secondary N) is 2. The Morgan fingerprint density at radius 2 is 1.79 bits per heavy atom. The zero-order valence-electron chi connectivity index (χ0n) is 14.7. The van der Waals surface area contributed by atoms with Crippen molar-refractivity contribution < 1.29 is 4.79 Å². The Bertz CT molecular complexity index is 748. The van der Waals surface area contributed by atoms with Crippen LogP contribution in [0.1, 0.15) is 61.7 Å². The Morgan fingerprint density at radius 3 is 2.38 bits per heavy atom. The molecule has 1 aromatic carbocycles. The van der Waals surface area contributed by atoms with Gasteiger partial charge in [-0.2, -0.15) is 0 Å². The van der Waals surface area contributed by atoms with Crippen LogP contribution in [0.2, 0.25) is 0 Å². The van der Waals surface area contributed by atoms with Crippen LogP contribution in [0.5, 0.6) is 0 Å². The molecule has 1 atom stereocenters. The van der Waals surface area contributed by atoms with E-state index in [-0.39, 0.29) is 23.9 Å². The summed E-state index contributed by atoms with van der Waals surface area (Å²) in [6.07, 6.45) is 0.400. The summed E-state index contributed by atoms with van der Waals surface area (Å²) in [5, 5.41) is 2.81. The normalized spacial score (nSPS) is 12.2. The second kappa shape index (κ2) is 7.90. The van der Waals surface area contributed by atoms with E-state index < -0.39 is 0 Å². The number of hydrogen-bond acceptors (Lipinski definition) is 3. The Labute approximate surface area is 142 Å². The molecule has 1 heterocycles. The van der Waals surface area contributed by atoms with E-state index in [9.17, 15) is 9.59 Å². The summed E-state index contributed by atoms with van der Waals surface area (Å²) in [5.74, 6) is 1.05. The molecule has 1 amide bonds. The zero-order valence-corrected chi connectivity index (χ0v) is 14.7. The molecule has 2 rings (SSSR count). The highest BCUT2D eigenvalue weighted by Crippen LogP contribution is 2.22. The average Bonchev–Trinajstić information content (AvgIpc) is 2.52. The number of aryl methyl sites for hydroxylation is 1. The van der Waals surface area contributed by atoms with Gasteiger partial charge in [0.15, 0.2) is 0 Å². The first-order chi connectivity index (χ1) is 11.3. The van der Waals surface area contributed by atoms with E-state index >= 15 is 0 Å². The van der Waals surface area contributed by atoms with Crippen LogP contribution in [0.15, 0.2) is 35.1 Å². The molecule has 128 valence electrons. The average molecular weight is 327 g/mol. The van der Waals surface area contributed by atoms with E-state index in [1.165, 1.54) is 11.6 Å². The Morgan fingerprint density at radius 1 is 1.17 bits per heavy atom. The summed E-state index contributed by atoms with van der Waals surface area (Å²) in [7, 11) is 0. The second-order valence-corrected chi connectivity index (χ2v) is 6.54. The van der Waals surface area contributed by atoms with E-state index in [1.807, 2.05) is 6.92 Å². The predicted molar refractivity (Wildman–Crippen MR) is 95.0 cm³/mol. The summed E-state index contributed by atoms with van der Waals surface area (Å²) in [6.45, 7) is 8.35. The molecular weight excluding hydrogens is 302 g/mol. The zero-order chi connectivity index (χ0) is 17.7. The Hall–Kier alpha value is -2.43. The second-order valence-electron chi connectivity index (χ2n) is 6.54. The number of carbonyl (C=O) groups excluding carboxylic acids is 1. The number of aromatic amines is 1. The van der Waals surface area contributed by atoms with E-state index in [4.69, 9.17) is 0 Å². The van der Waals surface area contributed by atoms with Gasteiger partial charge in [0.25, 0.3) is 5.56 Å². The fourth-order valence-corrected chi connectivity index (χ4v) is 2.58. The highest BCUT2D eigenvalue weighted by Gasteiger charge is 2.12. The summed E-state index contributed by atoms with van der Waals surface area (Å²) in [6, 6.07) is 9.85. The number of amides is 1. The molecule has 1 unspecified atom stereocenters. The van der Waals surface area contributed by atoms with Crippen LogP contribution in [0, 0.1) is 6.92 Å². The summed E-state index contributed by atoms with van der Waals surface area (Å²) in [4.78, 5) is 30.3. The van der Waals surface area contributed by atoms with Gasteiger partial charge < -0.3 is 10.3 Å². The topological polar surface area (TPSA) is 74.8 Å². The van der Waals surface area contributed by atoms with Gasteiger partial charge in [0.05, 0.1) is 6.54 Å². The molecule has 2 aromatic rings. The lowest BCUT2D eigenvalue weighted by Gasteiger charge is -2.13. The monoisotopic (exact) mass is 327 g/mol. The first kappa shape index (κ1) is 17.9. The van der Waals surface area contributed by atoms with Gasteiger partial charge in [0.1, 0.15) is 5.82 Å². The van der Waals surface area contributed by atoms with Crippen LogP contribution < -0.4 is 10.9 Å². The molecule has 0 aliphatic rings. The predicted octanol–water partition coefficient (Wildman–Crippen LogP) is 3.01. The minimum Gasteiger partial charge on any atom is -0.349 e. The molecule has 0 radical (unpaired) electrons. The number of nitrogens with zero attached hydrogens (tertiary/aromatic N) is 1. The van der Waals surface area contributed by atoms with Crippen LogP contribution in [0.4, 0.5) is 0 Å². The molecule has 5 nitrogen and oxygen atoms in total. The van der Waals surface area contributed by atoms with E-state index in [2.05, 4.69) is 53.4 Å². The molecular formula is C19H25N3O2. The van der Waals surface area contributed by atoms with Crippen LogP contribution in [-0.4, -0.2) is 15.9 Å². The first-order valence-corrected chi connectivity index (χ1v) is 8.28. The lowest BCUT2D eigenvalue weighted by Crippen LogP contribution is -2.26. The van der Waals surface area contributed by atoms with E-state index in [0.29, 0.717) is 23.9 Å². The third-order valence-corrected chi connectivity index (χ3v) is 4.04. The fourth-order valence-electron chi connectivity index (χ4n) is 2.58. The van der Waals surface area contributed by atoms with E-state index in [0.717, 1.165) is 5.56 Å². The highest BCUT2D eigenvalue weighted by molar-refractivity contribution is 5.76. The molecule has 5 heteroatoms. The summed E-state index contributed by atoms with van der Waals surface area (Å²) >= 11 is 0. The van der Waals surface area contributed by atoms with Gasteiger partial charge in [-0.15, -0.1) is 0 Å². The van der Waals surface area contributed by atoms with Crippen LogP contribution >= 0.6 is 0 Å². The van der Waals surface area contributed by atoms with Crippen LogP contribution in [0.25, 0.3) is 0 Å². The molecule has 2 N–H and O–H groups in total. The third kappa shape index (κ3) is 5.05. The molecule has 0 bridgehead atoms. The Balaban J connectivity index is 1.90. The quantitative estimate of drug-likeness (QED) is 0.856. The van der Waals surface area contributed by atoms with Gasteiger partial charge >= 0.3 is 0 Å². The van der Waals surface area contributed by atoms with Gasteiger partial charge in [-0.25, -0.2) is 4.98 Å². The van der Waals surface area contributed by atoms with Crippen LogP contribution in [-0.2, 0) is 11.3 Å². The largest absolute Gasteiger partial charge is 0.349 e. The van der Waals surface area contributed by atoms with Crippen molar-refractivity contribution in [2.45, 2.75) is 52.5 Å². The molecule has 24 heavy (non-hydrogen) atoms. The molecule has 0 aliphatic heterocycles. The summed E-state index contributed by atoms with van der Waals surface area (Å²) in [5.41, 5.74) is 2.88. The van der Waals surface area contributed by atoms with Gasteiger partial charge in [-0.1, -0.05) is 45.0 Å². The maximum absolute atomic E-state index is 12.1. The minimum absolute atomic E-state index is 0.0559. The van der Waals surface area contributed by atoms with Gasteiger partial charge in [-0.3, -0.25) is 9.59 Å². The first-order valence-electron chi connectivity index (χ1n) is 8.28. The SMILES string of the molecule is Cc1cc(=O)[nH]c(CNC(=O)CC(C)c2ccc(C(C)C)cc2)n1. The van der Waals surface area contributed by atoms with Gasteiger partial charge in [0.2, 0.25) is 5.91 Å².